The zero-order valence-corrected chi connectivity index (χ0v) is 19.0. The van der Waals surface area contributed by atoms with Gasteiger partial charge in [0, 0.05) is 26.1 Å². The summed E-state index contributed by atoms with van der Waals surface area (Å²) in [5, 5.41) is 9.55. The molecule has 0 unspecified atom stereocenters. The molecular weight excluding hydrogens is 467 g/mol. The van der Waals surface area contributed by atoms with Gasteiger partial charge in [-0.1, -0.05) is 18.7 Å². The number of amides is 3. The summed E-state index contributed by atoms with van der Waals surface area (Å²) in [6.45, 7) is 3.92. The molecule has 3 aliphatic rings. The highest BCUT2D eigenvalue weighted by Crippen LogP contribution is 2.46. The van der Waals surface area contributed by atoms with Crippen molar-refractivity contribution >= 4 is 23.7 Å². The van der Waals surface area contributed by atoms with Gasteiger partial charge in [0.15, 0.2) is 0 Å². The number of carbonyl (C=O) groups is 4. The van der Waals surface area contributed by atoms with E-state index in [1.807, 2.05) is 0 Å². The molecule has 0 bridgehead atoms. The number of piperazine rings is 1. The van der Waals surface area contributed by atoms with E-state index in [-0.39, 0.29) is 38.4 Å². The smallest absolute Gasteiger partial charge is 0.416 e. The van der Waals surface area contributed by atoms with Crippen LogP contribution in [0.3, 0.4) is 0 Å². The number of carbonyl (C=O) groups excluding carboxylic acids is 3. The van der Waals surface area contributed by atoms with E-state index in [4.69, 9.17) is 0 Å². The molecule has 1 aromatic carbocycles. The van der Waals surface area contributed by atoms with Crippen LogP contribution in [0.15, 0.2) is 36.9 Å². The van der Waals surface area contributed by atoms with Crippen LogP contribution in [0, 0.1) is 0 Å². The molecule has 0 aromatic heterocycles. The van der Waals surface area contributed by atoms with Crippen LogP contribution in [0.4, 0.5) is 13.2 Å². The van der Waals surface area contributed by atoms with Crippen molar-refractivity contribution in [1.29, 1.82) is 0 Å². The fraction of sp³-hybridized carbons (Fsp3) is 0.500. The molecule has 2 heterocycles. The normalized spacial score (nSPS) is 22.3. The third-order valence-corrected chi connectivity index (χ3v) is 7.10. The molecule has 1 aliphatic carbocycles. The molecule has 35 heavy (non-hydrogen) atoms. The van der Waals surface area contributed by atoms with E-state index >= 15 is 0 Å². The van der Waals surface area contributed by atoms with Crippen molar-refractivity contribution < 1.29 is 37.5 Å². The molecule has 11 heteroatoms. The first-order valence-corrected chi connectivity index (χ1v) is 11.4. The summed E-state index contributed by atoms with van der Waals surface area (Å²) in [5.74, 6) is -2.49. The molecule has 4 rings (SSSR count). The Labute approximate surface area is 200 Å². The highest BCUT2D eigenvalue weighted by atomic mass is 19.4. The molecule has 8 nitrogen and oxygen atoms in total. The molecule has 2 atom stereocenters. The van der Waals surface area contributed by atoms with Crippen molar-refractivity contribution in [2.24, 2.45) is 0 Å². The van der Waals surface area contributed by atoms with Crippen molar-refractivity contribution in [2.75, 3.05) is 19.6 Å². The second-order valence-corrected chi connectivity index (χ2v) is 9.17. The first kappa shape index (κ1) is 24.7. The monoisotopic (exact) mass is 493 g/mol. The Morgan fingerprint density at radius 3 is 2.34 bits per heavy atom. The minimum atomic E-state index is -4.51. The number of rotatable bonds is 6. The second kappa shape index (κ2) is 9.01. The number of nitrogens with zero attached hydrogens (tertiary/aromatic N) is 3. The first-order valence-electron chi connectivity index (χ1n) is 11.4. The van der Waals surface area contributed by atoms with Gasteiger partial charge in [-0.25, -0.2) is 4.79 Å². The van der Waals surface area contributed by atoms with E-state index in [1.54, 1.807) is 0 Å². The van der Waals surface area contributed by atoms with Gasteiger partial charge in [0.2, 0.25) is 17.7 Å². The fourth-order valence-corrected chi connectivity index (χ4v) is 5.10. The molecule has 0 radical (unpaired) electrons. The van der Waals surface area contributed by atoms with Crippen LogP contribution in [0.25, 0.3) is 0 Å². The van der Waals surface area contributed by atoms with Crippen LogP contribution in [0.1, 0.15) is 36.8 Å². The van der Waals surface area contributed by atoms with Gasteiger partial charge in [-0.05, 0) is 49.5 Å². The molecule has 2 aliphatic heterocycles. The molecule has 1 N–H and O–H groups in total. The van der Waals surface area contributed by atoms with Gasteiger partial charge in [-0.2, -0.15) is 13.2 Å². The first-order chi connectivity index (χ1) is 16.5. The van der Waals surface area contributed by atoms with E-state index < -0.39 is 47.1 Å². The maximum atomic E-state index is 13.6. The number of hydrogen-bond acceptors (Lipinski definition) is 4. The Morgan fingerprint density at radius 2 is 1.80 bits per heavy atom. The summed E-state index contributed by atoms with van der Waals surface area (Å²) in [6, 6.07) is 2.23. The van der Waals surface area contributed by atoms with Gasteiger partial charge in [0.1, 0.15) is 17.6 Å². The van der Waals surface area contributed by atoms with Crippen LogP contribution in [-0.2, 0) is 31.8 Å². The number of likely N-dealkylation sites (tertiary alicyclic amines) is 1. The van der Waals surface area contributed by atoms with Gasteiger partial charge in [-0.3, -0.25) is 14.4 Å². The number of aliphatic carboxylic acids is 1. The summed E-state index contributed by atoms with van der Waals surface area (Å²) < 4.78 is 39.0. The topological polar surface area (TPSA) is 98.2 Å². The molecule has 1 spiro atoms. The highest BCUT2D eigenvalue weighted by Gasteiger charge is 2.61. The summed E-state index contributed by atoms with van der Waals surface area (Å²) in [4.78, 5) is 55.3. The van der Waals surface area contributed by atoms with Crippen molar-refractivity contribution in [2.45, 2.75) is 55.9 Å². The van der Waals surface area contributed by atoms with Crippen molar-refractivity contribution in [3.8, 4) is 0 Å². The minimum absolute atomic E-state index is 0.0444. The third kappa shape index (κ3) is 4.51. The van der Waals surface area contributed by atoms with E-state index in [2.05, 4.69) is 6.58 Å². The zero-order valence-electron chi connectivity index (χ0n) is 19.0. The van der Waals surface area contributed by atoms with Gasteiger partial charge in [0.25, 0.3) is 0 Å². The zero-order chi connectivity index (χ0) is 25.5. The molecular formula is C24H26F3N3O5. The average molecular weight is 493 g/mol. The standard InChI is InChI=1S/C24H26F3N3O5/c1-2-19(31)30-13-12-29(22(35)23(30)9-10-23)18(20(32)28-11-3-4-17(28)21(33)34)14-15-5-7-16(8-6-15)24(25,26)27/h2,5-8,17-18H,1,3-4,9-14H2,(H,33,34)/t17-,18-/m0/s1. The predicted octanol–water partition coefficient (Wildman–Crippen LogP) is 2.08. The fourth-order valence-electron chi connectivity index (χ4n) is 5.10. The van der Waals surface area contributed by atoms with Crippen LogP contribution in [0.2, 0.25) is 0 Å². The number of halogens is 3. The summed E-state index contributed by atoms with van der Waals surface area (Å²) >= 11 is 0. The number of hydrogen-bond donors (Lipinski definition) is 1. The van der Waals surface area contributed by atoms with Crippen LogP contribution < -0.4 is 0 Å². The van der Waals surface area contributed by atoms with E-state index in [0.29, 0.717) is 24.8 Å². The Kier molecular flexibility index (Phi) is 6.37. The number of alkyl halides is 3. The molecule has 1 aromatic rings. The second-order valence-electron chi connectivity index (χ2n) is 9.17. The SMILES string of the molecule is C=CC(=O)N1CCN([C@@H](Cc2ccc(C(F)(F)F)cc2)C(=O)N2CCC[C@H]2C(=O)O)C(=O)C12CC2. The third-order valence-electron chi connectivity index (χ3n) is 7.10. The van der Waals surface area contributed by atoms with Gasteiger partial charge in [-0.15, -0.1) is 0 Å². The van der Waals surface area contributed by atoms with Crippen molar-refractivity contribution in [3.05, 3.63) is 48.0 Å². The van der Waals surface area contributed by atoms with Crippen LogP contribution >= 0.6 is 0 Å². The molecule has 3 fully saturated rings. The van der Waals surface area contributed by atoms with Crippen molar-refractivity contribution in [3.63, 3.8) is 0 Å². The van der Waals surface area contributed by atoms with Gasteiger partial charge >= 0.3 is 12.1 Å². The lowest BCUT2D eigenvalue weighted by Gasteiger charge is -2.44. The lowest BCUT2D eigenvalue weighted by Crippen LogP contribution is -2.65. The number of carboxylic acids is 1. The Morgan fingerprint density at radius 1 is 1.14 bits per heavy atom. The highest BCUT2D eigenvalue weighted by molar-refractivity contribution is 6.00. The number of benzene rings is 1. The Hall–Kier alpha value is -3.37. The lowest BCUT2D eigenvalue weighted by atomic mass is 9.98. The quantitative estimate of drug-likeness (QED) is 0.612. The van der Waals surface area contributed by atoms with Gasteiger partial charge < -0.3 is 19.8 Å². The van der Waals surface area contributed by atoms with Crippen LogP contribution in [0.5, 0.6) is 0 Å². The molecule has 1 saturated carbocycles. The van der Waals surface area contributed by atoms with E-state index in [9.17, 15) is 37.5 Å². The minimum Gasteiger partial charge on any atom is -0.480 e. The van der Waals surface area contributed by atoms with Crippen molar-refractivity contribution in [1.82, 2.24) is 14.7 Å². The predicted molar refractivity (Wildman–Crippen MR) is 117 cm³/mol. The van der Waals surface area contributed by atoms with E-state index in [0.717, 1.165) is 18.2 Å². The summed E-state index contributed by atoms with van der Waals surface area (Å²) in [5.41, 5.74) is -1.48. The Bertz CT molecular complexity index is 1050. The maximum absolute atomic E-state index is 13.6. The van der Waals surface area contributed by atoms with Gasteiger partial charge in [0.05, 0.1) is 5.56 Å². The Balaban J connectivity index is 1.65. The summed E-state index contributed by atoms with van der Waals surface area (Å²) in [6.07, 6.45) is -1.80. The lowest BCUT2D eigenvalue weighted by molar-refractivity contribution is -0.160. The molecule has 2 saturated heterocycles. The number of carboxylic acid groups (broad SMARTS) is 1. The largest absolute Gasteiger partial charge is 0.480 e. The van der Waals surface area contributed by atoms with Crippen LogP contribution in [-0.4, -0.2) is 80.8 Å². The van der Waals surface area contributed by atoms with E-state index in [1.165, 1.54) is 26.8 Å². The maximum Gasteiger partial charge on any atom is 0.416 e. The molecule has 3 amide bonds. The molecule has 188 valence electrons. The average Bonchev–Trinajstić information content (AvgIpc) is 3.44. The summed E-state index contributed by atoms with van der Waals surface area (Å²) in [7, 11) is 0.